The quantitative estimate of drug-likeness (QED) is 0.600. The van der Waals surface area contributed by atoms with Crippen LogP contribution in [0.1, 0.15) is 6.92 Å². The van der Waals surface area contributed by atoms with Crippen molar-refractivity contribution in [3.05, 3.63) is 11.6 Å². The maximum atomic E-state index is 10.9. The molecule has 0 bridgehead atoms. The fourth-order valence-electron chi connectivity index (χ4n) is 0.546. The van der Waals surface area contributed by atoms with Gasteiger partial charge >= 0.3 is 0 Å². The number of rotatable bonds is 1. The van der Waals surface area contributed by atoms with Crippen molar-refractivity contribution in [3.8, 4) is 0 Å². The fraction of sp³-hybridized carbons (Fsp3) is 0.400. The Morgan fingerprint density at radius 3 is 2.80 bits per heavy atom. The van der Waals surface area contributed by atoms with E-state index >= 15 is 0 Å². The Morgan fingerprint density at radius 1 is 1.70 bits per heavy atom. The van der Waals surface area contributed by atoms with E-state index in [-0.39, 0.29) is 4.38 Å². The first kappa shape index (κ1) is 7.81. The Balaban J connectivity index is 2.84. The molecule has 0 aromatic carbocycles. The zero-order valence-electron chi connectivity index (χ0n) is 5.44. The summed E-state index contributed by atoms with van der Waals surface area (Å²) in [7, 11) is -3.12. The monoisotopic (exact) mass is 177 g/mol. The van der Waals surface area contributed by atoms with Crippen molar-refractivity contribution in [2.45, 2.75) is 6.92 Å². The smallest absolute Gasteiger partial charge is 0.224 e. The second kappa shape index (κ2) is 2.75. The highest BCUT2D eigenvalue weighted by molar-refractivity contribution is 8.36. The summed E-state index contributed by atoms with van der Waals surface area (Å²) in [5.41, 5.74) is 0. The molecular formula is C5H7NO2S2. The average molecular weight is 177 g/mol. The molecule has 0 saturated heterocycles. The molecule has 0 aromatic rings. The van der Waals surface area contributed by atoms with Crippen LogP contribution in [0, 0.1) is 0 Å². The van der Waals surface area contributed by atoms with E-state index in [1.807, 2.05) is 6.92 Å². The summed E-state index contributed by atoms with van der Waals surface area (Å²) in [4.78, 5) is 3.69. The van der Waals surface area contributed by atoms with Crippen LogP contribution in [0.15, 0.2) is 16.6 Å². The third kappa shape index (κ3) is 1.41. The molecule has 56 valence electrons. The molecule has 3 nitrogen and oxygen atoms in total. The largest absolute Gasteiger partial charge is 0.237 e. The molecule has 10 heavy (non-hydrogen) atoms. The Bertz CT molecular complexity index is 276. The Hall–Kier alpha value is -0.290. The van der Waals surface area contributed by atoms with Crippen molar-refractivity contribution in [2.24, 2.45) is 4.99 Å². The standard InChI is InChI=1S/C5H7NO2S2/c1-2-9-5-6-3-4-10(5,7)8/h3-4H,2H2,1H3. The summed E-state index contributed by atoms with van der Waals surface area (Å²) in [6.07, 6.45) is 1.31. The number of sulfone groups is 1. The molecule has 1 aliphatic heterocycles. The number of aliphatic imine (C=N–C) groups is 1. The Labute approximate surface area is 64.1 Å². The highest BCUT2D eigenvalue weighted by atomic mass is 32.3. The predicted molar refractivity (Wildman–Crippen MR) is 43.6 cm³/mol. The van der Waals surface area contributed by atoms with Crippen molar-refractivity contribution in [1.82, 2.24) is 0 Å². The lowest BCUT2D eigenvalue weighted by atomic mass is 11.0. The number of thioether (sulfide) groups is 1. The summed E-state index contributed by atoms with van der Waals surface area (Å²) in [6.45, 7) is 1.89. The van der Waals surface area contributed by atoms with Crippen LogP contribution < -0.4 is 0 Å². The Morgan fingerprint density at radius 2 is 2.40 bits per heavy atom. The molecule has 5 heteroatoms. The van der Waals surface area contributed by atoms with Crippen molar-refractivity contribution in [1.29, 1.82) is 0 Å². The molecular weight excluding hydrogens is 170 g/mol. The van der Waals surface area contributed by atoms with Crippen LogP contribution in [-0.2, 0) is 9.84 Å². The first-order valence-electron chi connectivity index (χ1n) is 2.79. The van der Waals surface area contributed by atoms with Gasteiger partial charge in [-0.1, -0.05) is 18.7 Å². The van der Waals surface area contributed by atoms with Crippen LogP contribution >= 0.6 is 11.8 Å². The van der Waals surface area contributed by atoms with Gasteiger partial charge in [-0.25, -0.2) is 13.4 Å². The van der Waals surface area contributed by atoms with E-state index in [9.17, 15) is 8.42 Å². The van der Waals surface area contributed by atoms with Gasteiger partial charge in [-0.3, -0.25) is 0 Å². The van der Waals surface area contributed by atoms with Gasteiger partial charge in [0.15, 0.2) is 4.38 Å². The average Bonchev–Trinajstić information content (AvgIpc) is 2.13. The Kier molecular flexibility index (Phi) is 2.15. The first-order chi connectivity index (χ1) is 4.67. The van der Waals surface area contributed by atoms with Crippen LogP contribution in [0.25, 0.3) is 0 Å². The van der Waals surface area contributed by atoms with Gasteiger partial charge in [0.05, 0.1) is 5.41 Å². The van der Waals surface area contributed by atoms with Gasteiger partial charge in [0.1, 0.15) is 0 Å². The number of hydrogen-bond donors (Lipinski definition) is 0. The zero-order chi connectivity index (χ0) is 7.61. The van der Waals surface area contributed by atoms with Gasteiger partial charge in [0.2, 0.25) is 9.84 Å². The summed E-state index contributed by atoms with van der Waals surface area (Å²) >= 11 is 1.25. The lowest BCUT2D eigenvalue weighted by Gasteiger charge is -1.93. The summed E-state index contributed by atoms with van der Waals surface area (Å²) in [6, 6.07) is 0. The van der Waals surface area contributed by atoms with Gasteiger partial charge in [0, 0.05) is 6.20 Å². The van der Waals surface area contributed by atoms with E-state index in [1.165, 1.54) is 18.0 Å². The van der Waals surface area contributed by atoms with Crippen LogP contribution in [-0.4, -0.2) is 18.5 Å². The van der Waals surface area contributed by atoms with Crippen molar-refractivity contribution >= 4 is 26.0 Å². The summed E-state index contributed by atoms with van der Waals surface area (Å²) in [5, 5.41) is 1.12. The van der Waals surface area contributed by atoms with E-state index in [4.69, 9.17) is 0 Å². The maximum absolute atomic E-state index is 10.9. The normalized spacial score (nSPS) is 21.1. The van der Waals surface area contributed by atoms with Gasteiger partial charge in [-0.2, -0.15) is 0 Å². The fourth-order valence-corrected chi connectivity index (χ4v) is 2.65. The van der Waals surface area contributed by atoms with E-state index in [0.717, 1.165) is 11.2 Å². The number of hydrogen-bond acceptors (Lipinski definition) is 4. The molecule has 1 aliphatic rings. The molecule has 0 amide bonds. The molecule has 0 aromatic heterocycles. The molecule has 1 rings (SSSR count). The minimum atomic E-state index is -3.12. The predicted octanol–water partition coefficient (Wildman–Crippen LogP) is 0.995. The van der Waals surface area contributed by atoms with E-state index in [0.29, 0.717) is 0 Å². The molecule has 0 atom stereocenters. The van der Waals surface area contributed by atoms with Crippen LogP contribution in [0.3, 0.4) is 0 Å². The SMILES string of the molecule is CCSC1=NC=CS1(=O)=O. The van der Waals surface area contributed by atoms with Crippen molar-refractivity contribution in [2.75, 3.05) is 5.75 Å². The minimum absolute atomic E-state index is 0.218. The molecule has 0 saturated carbocycles. The first-order valence-corrected chi connectivity index (χ1v) is 5.32. The van der Waals surface area contributed by atoms with Crippen molar-refractivity contribution in [3.63, 3.8) is 0 Å². The van der Waals surface area contributed by atoms with Crippen LogP contribution in [0.5, 0.6) is 0 Å². The highest BCUT2D eigenvalue weighted by Crippen LogP contribution is 2.16. The van der Waals surface area contributed by atoms with Gasteiger partial charge < -0.3 is 0 Å². The van der Waals surface area contributed by atoms with Crippen LogP contribution in [0.4, 0.5) is 0 Å². The van der Waals surface area contributed by atoms with E-state index < -0.39 is 9.84 Å². The maximum Gasteiger partial charge on any atom is 0.224 e. The third-order valence-electron chi connectivity index (χ3n) is 0.931. The number of nitrogens with zero attached hydrogens (tertiary/aromatic N) is 1. The molecule has 0 radical (unpaired) electrons. The third-order valence-corrected chi connectivity index (χ3v) is 3.69. The second-order valence-electron chi connectivity index (χ2n) is 1.66. The zero-order valence-corrected chi connectivity index (χ0v) is 7.08. The van der Waals surface area contributed by atoms with Crippen LogP contribution in [0.2, 0.25) is 0 Å². The minimum Gasteiger partial charge on any atom is -0.237 e. The lowest BCUT2D eigenvalue weighted by molar-refractivity contribution is 0.616. The molecule has 0 unspecified atom stereocenters. The molecule has 0 aliphatic carbocycles. The van der Waals surface area contributed by atoms with Gasteiger partial charge in [-0.15, -0.1) is 0 Å². The summed E-state index contributed by atoms with van der Waals surface area (Å²) in [5.74, 6) is 0.736. The topological polar surface area (TPSA) is 46.5 Å². The highest BCUT2D eigenvalue weighted by Gasteiger charge is 2.19. The molecule has 0 spiro atoms. The van der Waals surface area contributed by atoms with Gasteiger partial charge in [-0.05, 0) is 5.75 Å². The summed E-state index contributed by atoms with van der Waals surface area (Å²) < 4.78 is 22.0. The van der Waals surface area contributed by atoms with Crippen molar-refractivity contribution < 1.29 is 8.42 Å². The molecule has 0 N–H and O–H groups in total. The lowest BCUT2D eigenvalue weighted by Crippen LogP contribution is -2.03. The second-order valence-corrected chi connectivity index (χ2v) is 4.92. The van der Waals surface area contributed by atoms with E-state index in [1.54, 1.807) is 0 Å². The molecule has 1 heterocycles. The van der Waals surface area contributed by atoms with E-state index in [2.05, 4.69) is 4.99 Å². The van der Waals surface area contributed by atoms with Gasteiger partial charge in [0.25, 0.3) is 0 Å². The molecule has 0 fully saturated rings.